The Balaban J connectivity index is 1.41. The van der Waals surface area contributed by atoms with Gasteiger partial charge in [0.1, 0.15) is 6.10 Å². The lowest BCUT2D eigenvalue weighted by Crippen LogP contribution is -2.47. The summed E-state index contributed by atoms with van der Waals surface area (Å²) in [5, 5.41) is 8.42. The molecule has 29 heavy (non-hydrogen) atoms. The van der Waals surface area contributed by atoms with Gasteiger partial charge in [-0.15, -0.1) is 0 Å². The van der Waals surface area contributed by atoms with E-state index < -0.39 is 0 Å². The summed E-state index contributed by atoms with van der Waals surface area (Å²) in [5.74, 6) is 1.06. The SMILES string of the molecule is Cc1ccc(-n2nccn2)c(C(=O)N2CC3CC(Oc4ccc(Br)cn4)C2C3)c1. The van der Waals surface area contributed by atoms with Gasteiger partial charge < -0.3 is 9.64 Å². The van der Waals surface area contributed by atoms with Crippen molar-refractivity contribution >= 4 is 21.8 Å². The Labute approximate surface area is 176 Å². The number of nitrogens with zero attached hydrogens (tertiary/aromatic N) is 5. The Morgan fingerprint density at radius 1 is 1.17 bits per heavy atom. The van der Waals surface area contributed by atoms with Crippen molar-refractivity contribution in [2.24, 2.45) is 5.92 Å². The van der Waals surface area contributed by atoms with Crippen LogP contribution in [0.15, 0.2) is 53.4 Å². The molecular weight excluding hydrogens is 434 g/mol. The van der Waals surface area contributed by atoms with Gasteiger partial charge in [0, 0.05) is 23.3 Å². The number of hydrogen-bond acceptors (Lipinski definition) is 5. The number of carbonyl (C=O) groups is 1. The van der Waals surface area contributed by atoms with Crippen molar-refractivity contribution in [1.29, 1.82) is 0 Å². The van der Waals surface area contributed by atoms with Crippen LogP contribution in [0.1, 0.15) is 28.8 Å². The second kappa shape index (κ2) is 7.26. The molecule has 1 aliphatic heterocycles. The minimum absolute atomic E-state index is 0.00515. The fraction of sp³-hybridized carbons (Fsp3) is 0.333. The highest BCUT2D eigenvalue weighted by Gasteiger charge is 2.48. The van der Waals surface area contributed by atoms with Crippen LogP contribution in [0.25, 0.3) is 5.69 Å². The average molecular weight is 454 g/mol. The molecule has 148 valence electrons. The molecule has 0 N–H and O–H groups in total. The first-order chi connectivity index (χ1) is 14.1. The minimum Gasteiger partial charge on any atom is -0.472 e. The number of benzene rings is 1. The normalized spacial score (nSPS) is 22.8. The van der Waals surface area contributed by atoms with Gasteiger partial charge in [0.05, 0.1) is 29.7 Å². The summed E-state index contributed by atoms with van der Waals surface area (Å²) in [6, 6.07) is 9.60. The van der Waals surface area contributed by atoms with E-state index in [9.17, 15) is 4.79 Å². The zero-order valence-electron chi connectivity index (χ0n) is 15.9. The van der Waals surface area contributed by atoms with Crippen LogP contribution in [-0.2, 0) is 0 Å². The molecule has 1 saturated carbocycles. The van der Waals surface area contributed by atoms with E-state index in [1.54, 1.807) is 18.6 Å². The van der Waals surface area contributed by atoms with Gasteiger partial charge in [-0.05, 0) is 59.8 Å². The van der Waals surface area contributed by atoms with E-state index in [4.69, 9.17) is 4.74 Å². The van der Waals surface area contributed by atoms with Crippen molar-refractivity contribution in [3.8, 4) is 11.6 Å². The number of aryl methyl sites for hydroxylation is 1. The van der Waals surface area contributed by atoms with Gasteiger partial charge in [0.25, 0.3) is 5.91 Å². The summed E-state index contributed by atoms with van der Waals surface area (Å²) in [6.45, 7) is 2.75. The molecule has 8 heteroatoms. The standard InChI is InChI=1S/C21H20BrN5O2/c1-13-2-4-17(27-24-6-7-25-27)16(8-13)21(28)26-12-14-9-18(26)19(10-14)29-20-5-3-15(22)11-23-20/h2-8,11,14,18-19H,9-10,12H2,1H3. The van der Waals surface area contributed by atoms with Gasteiger partial charge in [-0.2, -0.15) is 15.0 Å². The first kappa shape index (κ1) is 18.3. The number of ether oxygens (including phenoxy) is 1. The molecular formula is C21H20BrN5O2. The molecule has 3 heterocycles. The zero-order chi connectivity index (χ0) is 20.0. The fourth-order valence-corrected chi connectivity index (χ4v) is 4.64. The molecule has 3 atom stereocenters. The van der Waals surface area contributed by atoms with Crippen LogP contribution in [0.2, 0.25) is 0 Å². The number of likely N-dealkylation sites (tertiary alicyclic amines) is 1. The van der Waals surface area contributed by atoms with Crippen molar-refractivity contribution in [3.05, 3.63) is 64.5 Å². The van der Waals surface area contributed by atoms with E-state index in [-0.39, 0.29) is 18.1 Å². The topological polar surface area (TPSA) is 73.1 Å². The molecule has 1 aliphatic carbocycles. The van der Waals surface area contributed by atoms with E-state index in [1.165, 1.54) is 4.80 Å². The Morgan fingerprint density at radius 2 is 2.00 bits per heavy atom. The Hall–Kier alpha value is -2.74. The van der Waals surface area contributed by atoms with E-state index in [0.29, 0.717) is 23.0 Å². The molecule has 1 saturated heterocycles. The van der Waals surface area contributed by atoms with Gasteiger partial charge in [0.2, 0.25) is 5.88 Å². The number of amides is 1. The highest BCUT2D eigenvalue weighted by molar-refractivity contribution is 9.10. The molecule has 0 radical (unpaired) electrons. The van der Waals surface area contributed by atoms with Crippen LogP contribution in [-0.4, -0.2) is 49.5 Å². The molecule has 2 aliphatic rings. The highest BCUT2D eigenvalue weighted by Crippen LogP contribution is 2.40. The van der Waals surface area contributed by atoms with Gasteiger partial charge in [-0.25, -0.2) is 4.98 Å². The lowest BCUT2D eigenvalue weighted by molar-refractivity contribution is 0.0466. The quantitative estimate of drug-likeness (QED) is 0.604. The third kappa shape index (κ3) is 3.42. The maximum absolute atomic E-state index is 13.5. The molecule has 0 spiro atoms. The second-order valence-corrected chi connectivity index (χ2v) is 8.59. The molecule has 5 rings (SSSR count). The van der Waals surface area contributed by atoms with Gasteiger partial charge in [0.15, 0.2) is 0 Å². The number of fused-ring (bicyclic) bond motifs is 2. The van der Waals surface area contributed by atoms with Crippen molar-refractivity contribution in [1.82, 2.24) is 24.9 Å². The smallest absolute Gasteiger partial charge is 0.256 e. The van der Waals surface area contributed by atoms with Gasteiger partial charge in [-0.3, -0.25) is 4.79 Å². The summed E-state index contributed by atoms with van der Waals surface area (Å²) in [6.07, 6.45) is 6.83. The molecule has 7 nitrogen and oxygen atoms in total. The lowest BCUT2D eigenvalue weighted by atomic mass is 10.0. The monoisotopic (exact) mass is 453 g/mol. The molecule has 2 fully saturated rings. The van der Waals surface area contributed by atoms with E-state index in [2.05, 4.69) is 31.1 Å². The van der Waals surface area contributed by atoms with Crippen LogP contribution in [0, 0.1) is 12.8 Å². The number of carbonyl (C=O) groups excluding carboxylic acids is 1. The van der Waals surface area contributed by atoms with Crippen LogP contribution >= 0.6 is 15.9 Å². The molecule has 2 bridgehead atoms. The number of hydrogen-bond donors (Lipinski definition) is 0. The van der Waals surface area contributed by atoms with Crippen molar-refractivity contribution in [2.75, 3.05) is 6.54 Å². The van der Waals surface area contributed by atoms with Crippen LogP contribution in [0.4, 0.5) is 0 Å². The molecule has 2 aromatic heterocycles. The highest BCUT2D eigenvalue weighted by atomic mass is 79.9. The molecule has 3 unspecified atom stereocenters. The predicted molar refractivity (Wildman–Crippen MR) is 110 cm³/mol. The number of rotatable bonds is 4. The second-order valence-electron chi connectivity index (χ2n) is 7.67. The van der Waals surface area contributed by atoms with Crippen LogP contribution < -0.4 is 4.74 Å². The van der Waals surface area contributed by atoms with Crippen molar-refractivity contribution < 1.29 is 9.53 Å². The number of piperidine rings is 1. The third-order valence-electron chi connectivity index (χ3n) is 5.67. The third-order valence-corrected chi connectivity index (χ3v) is 6.14. The average Bonchev–Trinajstić information content (AvgIpc) is 3.46. The number of pyridine rings is 1. The summed E-state index contributed by atoms with van der Waals surface area (Å²) < 4.78 is 7.06. The largest absolute Gasteiger partial charge is 0.472 e. The summed E-state index contributed by atoms with van der Waals surface area (Å²) >= 11 is 3.39. The van der Waals surface area contributed by atoms with Crippen molar-refractivity contribution in [3.63, 3.8) is 0 Å². The first-order valence-electron chi connectivity index (χ1n) is 9.65. The summed E-state index contributed by atoms with van der Waals surface area (Å²) in [5.41, 5.74) is 2.34. The number of aromatic nitrogens is 4. The van der Waals surface area contributed by atoms with Crippen molar-refractivity contribution in [2.45, 2.75) is 31.9 Å². The Morgan fingerprint density at radius 3 is 2.72 bits per heavy atom. The van der Waals surface area contributed by atoms with Gasteiger partial charge >= 0.3 is 0 Å². The first-order valence-corrected chi connectivity index (χ1v) is 10.4. The predicted octanol–water partition coefficient (Wildman–Crippen LogP) is 3.42. The Bertz CT molecular complexity index is 1040. The van der Waals surface area contributed by atoms with Gasteiger partial charge in [-0.1, -0.05) is 11.6 Å². The Kier molecular flexibility index (Phi) is 4.58. The summed E-state index contributed by atoms with van der Waals surface area (Å²) in [4.78, 5) is 21.3. The number of halogens is 1. The molecule has 1 amide bonds. The maximum atomic E-state index is 13.5. The molecule has 3 aromatic rings. The molecule has 1 aromatic carbocycles. The van der Waals surface area contributed by atoms with Crippen LogP contribution in [0.3, 0.4) is 0 Å². The maximum Gasteiger partial charge on any atom is 0.256 e. The minimum atomic E-state index is -0.0394. The summed E-state index contributed by atoms with van der Waals surface area (Å²) in [7, 11) is 0. The van der Waals surface area contributed by atoms with Crippen LogP contribution in [0.5, 0.6) is 5.88 Å². The van der Waals surface area contributed by atoms with E-state index in [0.717, 1.165) is 29.4 Å². The van der Waals surface area contributed by atoms with E-state index in [1.807, 2.05) is 42.2 Å². The lowest BCUT2D eigenvalue weighted by Gasteiger charge is -2.33. The zero-order valence-corrected chi connectivity index (χ0v) is 17.5. The van der Waals surface area contributed by atoms with E-state index >= 15 is 0 Å². The fourth-order valence-electron chi connectivity index (χ4n) is 4.40.